The molecular weight excluding hydrogens is 512 g/mol. The predicted octanol–water partition coefficient (Wildman–Crippen LogP) is 6.11. The van der Waals surface area contributed by atoms with Gasteiger partial charge in [0, 0.05) is 6.42 Å². The molecule has 0 radical (unpaired) electrons. The third kappa shape index (κ3) is 18.4. The molecule has 2 N–H and O–H groups in total. The molecule has 9 nitrogen and oxygen atoms in total. The molecule has 1 fully saturated rings. The van der Waals surface area contributed by atoms with Crippen LogP contribution in [0.15, 0.2) is 42.5 Å². The van der Waals surface area contributed by atoms with Crippen LogP contribution in [0.3, 0.4) is 0 Å². The highest BCUT2D eigenvalue weighted by molar-refractivity contribution is 5.84. The highest BCUT2D eigenvalue weighted by Gasteiger charge is 2.26. The summed E-state index contributed by atoms with van der Waals surface area (Å²) < 4.78 is 4.97. The van der Waals surface area contributed by atoms with Gasteiger partial charge in [-0.25, -0.2) is 4.79 Å². The zero-order valence-corrected chi connectivity index (χ0v) is 24.4. The summed E-state index contributed by atoms with van der Waals surface area (Å²) in [4.78, 5) is 37.7. The molecule has 1 amide bonds. The third-order valence-electron chi connectivity index (χ3n) is 6.94. The fourth-order valence-corrected chi connectivity index (χ4v) is 4.66. The number of amides is 1. The largest absolute Gasteiger partial charge is 0.464 e. The monoisotopic (exact) mass is 562 g/mol. The minimum absolute atomic E-state index is 0.0281. The number of aliphatic hydroxyl groups is 1. The number of esters is 1. The summed E-state index contributed by atoms with van der Waals surface area (Å²) in [5.74, 6) is 0.0143. The number of aryl methyl sites for hydroxylation is 1. The first-order valence-corrected chi connectivity index (χ1v) is 14.9. The summed E-state index contributed by atoms with van der Waals surface area (Å²) in [6.07, 6.45) is 18.2. The number of benzene rings is 1. The van der Waals surface area contributed by atoms with E-state index in [1.54, 1.807) is 0 Å². The number of nitrogens with one attached hydrogen (secondary N) is 1. The number of aliphatic hydroxyl groups excluding tert-OH is 1. The van der Waals surface area contributed by atoms with E-state index >= 15 is 0 Å². The number of ether oxygens (including phenoxy) is 1. The molecular formula is C31H50N2O7. The predicted molar refractivity (Wildman–Crippen MR) is 156 cm³/mol. The van der Waals surface area contributed by atoms with E-state index in [0.29, 0.717) is 19.3 Å². The van der Waals surface area contributed by atoms with Gasteiger partial charge in [-0.1, -0.05) is 87.4 Å². The van der Waals surface area contributed by atoms with Crippen molar-refractivity contribution in [3.8, 4) is 0 Å². The number of carbonyl (C=O) groups is 2. The molecule has 1 aromatic carbocycles. The van der Waals surface area contributed by atoms with Crippen molar-refractivity contribution in [3.05, 3.63) is 58.2 Å². The summed E-state index contributed by atoms with van der Waals surface area (Å²) in [5, 5.41) is 21.1. The molecule has 2 rings (SSSR count). The van der Waals surface area contributed by atoms with Crippen molar-refractivity contribution < 1.29 is 29.4 Å². The summed E-state index contributed by atoms with van der Waals surface area (Å²) in [7, 11) is 0. The van der Waals surface area contributed by atoms with Crippen LogP contribution in [0.5, 0.6) is 0 Å². The average molecular weight is 563 g/mol. The van der Waals surface area contributed by atoms with Crippen molar-refractivity contribution in [1.82, 2.24) is 5.32 Å². The lowest BCUT2D eigenvalue weighted by Crippen LogP contribution is -2.48. The molecule has 1 saturated carbocycles. The molecule has 2 unspecified atom stereocenters. The number of hydrogen-bond donors (Lipinski definition) is 2. The summed E-state index contributed by atoms with van der Waals surface area (Å²) in [6.45, 7) is 3.23. The minimum atomic E-state index is -1.13. The molecule has 9 heteroatoms. The Balaban J connectivity index is 0.000000429. The highest BCUT2D eigenvalue weighted by Crippen LogP contribution is 2.29. The number of hydrogen-bond acceptors (Lipinski definition) is 7. The van der Waals surface area contributed by atoms with E-state index < -0.39 is 23.2 Å². The lowest BCUT2D eigenvalue weighted by atomic mass is 9.98. The number of unbranched alkanes of at least 4 members (excludes halogenated alkanes) is 4. The second kappa shape index (κ2) is 22.8. The van der Waals surface area contributed by atoms with Gasteiger partial charge >= 0.3 is 5.97 Å². The molecule has 1 aliphatic rings. The molecule has 0 spiro atoms. The van der Waals surface area contributed by atoms with Crippen molar-refractivity contribution in [2.24, 2.45) is 5.92 Å². The minimum Gasteiger partial charge on any atom is -0.464 e. The van der Waals surface area contributed by atoms with E-state index in [-0.39, 0.29) is 25.5 Å². The molecule has 1 aliphatic carbocycles. The van der Waals surface area contributed by atoms with Gasteiger partial charge in [-0.3, -0.25) is 4.79 Å². The standard InChI is InChI=1S/C16H24.C15H26N2O7/c1-3-9-15(10-4-1)11-5-2-6-12-16-13-7-8-14-16;1-3-4-5-6-9-13(19)16-14(12(2)18)15(20)23-10-7-8-11-24-17(21)22/h1,3-4,9-10,16H,2,5-8,11-14H2;3-4,12,14,18H,5-11H2,1-2H3,(H,16,19)/b;4-3-. The first kappa shape index (κ1) is 35.1. The molecule has 0 bridgehead atoms. The number of carbonyl (C=O) groups excluding carboxylic acids is 2. The highest BCUT2D eigenvalue weighted by atomic mass is 16.9. The Morgan fingerprint density at radius 2 is 1.77 bits per heavy atom. The van der Waals surface area contributed by atoms with Gasteiger partial charge in [-0.2, -0.15) is 0 Å². The van der Waals surface area contributed by atoms with Crippen LogP contribution >= 0.6 is 0 Å². The second-order valence-electron chi connectivity index (χ2n) is 10.4. The van der Waals surface area contributed by atoms with E-state index in [0.717, 1.165) is 12.3 Å². The smallest absolute Gasteiger partial charge is 0.331 e. The Hall–Kier alpha value is -2.94. The van der Waals surface area contributed by atoms with Crippen molar-refractivity contribution >= 4 is 11.9 Å². The fourth-order valence-electron chi connectivity index (χ4n) is 4.66. The Labute approximate surface area is 239 Å². The van der Waals surface area contributed by atoms with Gasteiger partial charge in [-0.15, -0.1) is 10.1 Å². The maximum Gasteiger partial charge on any atom is 0.331 e. The van der Waals surface area contributed by atoms with Crippen LogP contribution < -0.4 is 5.32 Å². The molecule has 2 atom stereocenters. The molecule has 40 heavy (non-hydrogen) atoms. The number of nitrogens with zero attached hydrogens (tertiary/aromatic N) is 1. The van der Waals surface area contributed by atoms with E-state index in [1.807, 2.05) is 19.1 Å². The second-order valence-corrected chi connectivity index (χ2v) is 10.4. The van der Waals surface area contributed by atoms with E-state index in [1.165, 1.54) is 70.3 Å². The summed E-state index contributed by atoms with van der Waals surface area (Å²) >= 11 is 0. The Kier molecular flexibility index (Phi) is 20.0. The zero-order valence-electron chi connectivity index (χ0n) is 24.4. The summed E-state index contributed by atoms with van der Waals surface area (Å²) in [6, 6.07) is 9.76. The molecule has 0 aliphatic heterocycles. The molecule has 0 saturated heterocycles. The Bertz CT molecular complexity index is 839. The van der Waals surface area contributed by atoms with Gasteiger partial charge in [0.1, 0.15) is 0 Å². The van der Waals surface area contributed by atoms with Crippen LogP contribution in [0, 0.1) is 16.0 Å². The van der Waals surface area contributed by atoms with Crippen molar-refractivity contribution in [2.75, 3.05) is 13.2 Å². The summed E-state index contributed by atoms with van der Waals surface area (Å²) in [5.41, 5.74) is 1.50. The van der Waals surface area contributed by atoms with Crippen LogP contribution in [-0.2, 0) is 25.6 Å². The first-order chi connectivity index (χ1) is 19.3. The third-order valence-corrected chi connectivity index (χ3v) is 6.94. The number of allylic oxidation sites excluding steroid dienone is 2. The molecule has 0 aromatic heterocycles. The SMILES string of the molecule is C/C=C\CCCC(=O)NC(C(=O)OCCCCO[N+](=O)[O-])C(C)O.c1ccc(CCCCCC2CCCC2)cc1. The average Bonchev–Trinajstić information content (AvgIpc) is 3.46. The Morgan fingerprint density at radius 3 is 2.42 bits per heavy atom. The van der Waals surface area contributed by atoms with Crippen LogP contribution in [0.25, 0.3) is 0 Å². The zero-order chi connectivity index (χ0) is 29.4. The van der Waals surface area contributed by atoms with Crippen molar-refractivity contribution in [1.29, 1.82) is 0 Å². The van der Waals surface area contributed by atoms with Gasteiger partial charge in [0.15, 0.2) is 6.04 Å². The van der Waals surface area contributed by atoms with Crippen LogP contribution in [0.1, 0.15) is 103 Å². The Morgan fingerprint density at radius 1 is 1.07 bits per heavy atom. The molecule has 226 valence electrons. The molecule has 0 heterocycles. The van der Waals surface area contributed by atoms with Gasteiger partial charge in [0.05, 0.1) is 19.3 Å². The van der Waals surface area contributed by atoms with Crippen LogP contribution in [-0.4, -0.2) is 47.4 Å². The van der Waals surface area contributed by atoms with E-state index in [9.17, 15) is 24.8 Å². The van der Waals surface area contributed by atoms with Gasteiger partial charge in [0.2, 0.25) is 5.91 Å². The van der Waals surface area contributed by atoms with Gasteiger partial charge < -0.3 is 20.0 Å². The fraction of sp³-hybridized carbons (Fsp3) is 0.677. The van der Waals surface area contributed by atoms with E-state index in [4.69, 9.17) is 4.74 Å². The van der Waals surface area contributed by atoms with Crippen molar-refractivity contribution in [3.63, 3.8) is 0 Å². The lowest BCUT2D eigenvalue weighted by Gasteiger charge is -2.20. The first-order valence-electron chi connectivity index (χ1n) is 14.9. The van der Waals surface area contributed by atoms with Gasteiger partial charge in [-0.05, 0) is 63.9 Å². The van der Waals surface area contributed by atoms with Crippen LogP contribution in [0.2, 0.25) is 0 Å². The maximum absolute atomic E-state index is 11.9. The quantitative estimate of drug-likeness (QED) is 0.0684. The lowest BCUT2D eigenvalue weighted by molar-refractivity contribution is -0.757. The van der Waals surface area contributed by atoms with Crippen molar-refractivity contribution in [2.45, 2.75) is 116 Å². The van der Waals surface area contributed by atoms with Gasteiger partial charge in [0.25, 0.3) is 5.09 Å². The number of rotatable bonds is 19. The topological polar surface area (TPSA) is 128 Å². The van der Waals surface area contributed by atoms with Crippen LogP contribution in [0.4, 0.5) is 0 Å². The van der Waals surface area contributed by atoms with E-state index in [2.05, 4.69) is 40.5 Å². The molecule has 1 aromatic rings. The maximum atomic E-state index is 11.9. The normalized spacial score (nSPS) is 14.7.